The van der Waals surface area contributed by atoms with Crippen LogP contribution in [0.5, 0.6) is 5.75 Å². The molecule has 0 spiro atoms. The molecule has 0 fully saturated rings. The molecule has 1 atom stereocenters. The summed E-state index contributed by atoms with van der Waals surface area (Å²) in [5, 5.41) is 9.03. The first-order valence-corrected chi connectivity index (χ1v) is 5.21. The van der Waals surface area contributed by atoms with Crippen molar-refractivity contribution in [3.63, 3.8) is 0 Å². The number of hydrogen-bond donors (Lipinski definition) is 1. The second kappa shape index (κ2) is 4.08. The molecule has 0 radical (unpaired) electrons. The first-order chi connectivity index (χ1) is 8.04. The van der Waals surface area contributed by atoms with Gasteiger partial charge < -0.3 is 14.3 Å². The van der Waals surface area contributed by atoms with Crippen LogP contribution in [0.1, 0.15) is 24.3 Å². The number of fused-ring (bicyclic) bond motifs is 1. The number of carbonyl (C=O) groups is 1. The summed E-state index contributed by atoms with van der Waals surface area (Å²) < 4.78 is 10.6. The summed E-state index contributed by atoms with van der Waals surface area (Å²) in [7, 11) is 1.50. The molecular weight excluding hydrogens is 222 g/mol. The van der Waals surface area contributed by atoms with Crippen molar-refractivity contribution >= 4 is 17.1 Å². The molecule has 2 aromatic rings. The Morgan fingerprint density at radius 3 is 2.82 bits per heavy atom. The summed E-state index contributed by atoms with van der Waals surface area (Å²) in [5.41, 5.74) is 1.76. The van der Waals surface area contributed by atoms with Gasteiger partial charge in [-0.05, 0) is 13.0 Å². The van der Waals surface area contributed by atoms with E-state index in [0.29, 0.717) is 28.3 Å². The van der Waals surface area contributed by atoms with Crippen molar-refractivity contribution in [2.75, 3.05) is 7.11 Å². The van der Waals surface area contributed by atoms with E-state index in [2.05, 4.69) is 4.98 Å². The Bertz CT molecular complexity index is 573. The third kappa shape index (κ3) is 1.84. The van der Waals surface area contributed by atoms with Gasteiger partial charge in [0.2, 0.25) is 0 Å². The maximum Gasteiger partial charge on any atom is 0.310 e. The Morgan fingerprint density at radius 2 is 2.24 bits per heavy atom. The van der Waals surface area contributed by atoms with Crippen molar-refractivity contribution < 1.29 is 19.1 Å². The predicted octanol–water partition coefficient (Wildman–Crippen LogP) is 2.33. The fourth-order valence-corrected chi connectivity index (χ4v) is 1.78. The number of hydrogen-bond acceptors (Lipinski definition) is 4. The highest BCUT2D eigenvalue weighted by Crippen LogP contribution is 2.34. The molecule has 0 aliphatic rings. The molecule has 1 N–H and O–H groups in total. The first kappa shape index (κ1) is 11.4. The van der Waals surface area contributed by atoms with E-state index in [1.165, 1.54) is 7.11 Å². The van der Waals surface area contributed by atoms with Crippen LogP contribution in [0.25, 0.3) is 11.1 Å². The summed E-state index contributed by atoms with van der Waals surface area (Å²) in [6.07, 6.45) is 0. The second-order valence-corrected chi connectivity index (χ2v) is 3.83. The Morgan fingerprint density at radius 1 is 1.53 bits per heavy atom. The summed E-state index contributed by atoms with van der Waals surface area (Å²) >= 11 is 0. The molecule has 1 unspecified atom stereocenters. The highest BCUT2D eigenvalue weighted by Gasteiger charge is 2.21. The molecule has 5 heteroatoms. The summed E-state index contributed by atoms with van der Waals surface area (Å²) in [6, 6.07) is 3.41. The van der Waals surface area contributed by atoms with Crippen LogP contribution in [-0.4, -0.2) is 23.2 Å². The van der Waals surface area contributed by atoms with Crippen LogP contribution < -0.4 is 4.74 Å². The van der Waals surface area contributed by atoms with E-state index in [4.69, 9.17) is 14.3 Å². The lowest BCUT2D eigenvalue weighted by Crippen LogP contribution is -2.09. The topological polar surface area (TPSA) is 72.6 Å². The van der Waals surface area contributed by atoms with Gasteiger partial charge in [0, 0.05) is 12.5 Å². The maximum atomic E-state index is 11.0. The molecule has 2 rings (SSSR count). The van der Waals surface area contributed by atoms with Crippen molar-refractivity contribution in [2.45, 2.75) is 19.8 Å². The predicted molar refractivity (Wildman–Crippen MR) is 61.3 cm³/mol. The van der Waals surface area contributed by atoms with Crippen LogP contribution in [0, 0.1) is 6.92 Å². The Kier molecular flexibility index (Phi) is 2.75. The highest BCUT2D eigenvalue weighted by atomic mass is 16.5. The molecule has 17 heavy (non-hydrogen) atoms. The van der Waals surface area contributed by atoms with Gasteiger partial charge in [-0.1, -0.05) is 6.07 Å². The maximum absolute atomic E-state index is 11.0. The minimum atomic E-state index is -0.900. The van der Waals surface area contributed by atoms with E-state index >= 15 is 0 Å². The van der Waals surface area contributed by atoms with E-state index in [-0.39, 0.29) is 0 Å². The molecule has 0 aliphatic carbocycles. The number of carboxylic acids is 1. The fourth-order valence-electron chi connectivity index (χ4n) is 1.78. The number of benzene rings is 1. The van der Waals surface area contributed by atoms with Crippen LogP contribution in [0.4, 0.5) is 0 Å². The van der Waals surface area contributed by atoms with Gasteiger partial charge in [-0.2, -0.15) is 0 Å². The molecule has 0 aliphatic heterocycles. The zero-order valence-corrected chi connectivity index (χ0v) is 9.85. The van der Waals surface area contributed by atoms with E-state index in [1.54, 1.807) is 26.0 Å². The molecule has 1 aromatic carbocycles. The van der Waals surface area contributed by atoms with Crippen molar-refractivity contribution in [3.8, 4) is 5.75 Å². The number of aryl methyl sites for hydroxylation is 1. The summed E-state index contributed by atoms with van der Waals surface area (Å²) in [5.74, 6) is -0.554. The SMILES string of the molecule is COc1c(C(C)C(=O)O)ccc2oc(C)nc12. The summed E-state index contributed by atoms with van der Waals surface area (Å²) in [4.78, 5) is 15.2. The van der Waals surface area contributed by atoms with Crippen molar-refractivity contribution in [2.24, 2.45) is 0 Å². The first-order valence-electron chi connectivity index (χ1n) is 5.21. The highest BCUT2D eigenvalue weighted by molar-refractivity contribution is 5.85. The molecule has 0 amide bonds. The van der Waals surface area contributed by atoms with Gasteiger partial charge in [-0.15, -0.1) is 0 Å². The number of aromatic nitrogens is 1. The van der Waals surface area contributed by atoms with Gasteiger partial charge in [-0.3, -0.25) is 4.79 Å². The molecule has 0 saturated heterocycles. The third-order valence-corrected chi connectivity index (χ3v) is 2.69. The minimum Gasteiger partial charge on any atom is -0.494 e. The van der Waals surface area contributed by atoms with Crippen LogP contribution >= 0.6 is 0 Å². The van der Waals surface area contributed by atoms with Crippen molar-refractivity contribution in [1.29, 1.82) is 0 Å². The number of oxazole rings is 1. The van der Waals surface area contributed by atoms with Crippen LogP contribution in [0.15, 0.2) is 16.5 Å². The smallest absolute Gasteiger partial charge is 0.310 e. The van der Waals surface area contributed by atoms with E-state index in [9.17, 15) is 4.79 Å². The van der Waals surface area contributed by atoms with Crippen molar-refractivity contribution in [1.82, 2.24) is 4.98 Å². The molecule has 1 heterocycles. The normalized spacial score (nSPS) is 12.6. The Labute approximate surface area is 98.0 Å². The molecular formula is C12H13NO4. The molecule has 1 aromatic heterocycles. The van der Waals surface area contributed by atoms with E-state index in [1.807, 2.05) is 0 Å². The second-order valence-electron chi connectivity index (χ2n) is 3.83. The molecule has 0 bridgehead atoms. The lowest BCUT2D eigenvalue weighted by Gasteiger charge is -2.11. The van der Waals surface area contributed by atoms with Crippen LogP contribution in [-0.2, 0) is 4.79 Å². The number of methoxy groups -OCH3 is 1. The monoisotopic (exact) mass is 235 g/mol. The molecule has 0 saturated carbocycles. The van der Waals surface area contributed by atoms with Crippen LogP contribution in [0.2, 0.25) is 0 Å². The Hall–Kier alpha value is -2.04. The average molecular weight is 235 g/mol. The average Bonchev–Trinajstić information content (AvgIpc) is 2.66. The largest absolute Gasteiger partial charge is 0.494 e. The van der Waals surface area contributed by atoms with Gasteiger partial charge >= 0.3 is 5.97 Å². The lowest BCUT2D eigenvalue weighted by molar-refractivity contribution is -0.138. The zero-order valence-electron chi connectivity index (χ0n) is 9.85. The number of aliphatic carboxylic acids is 1. The number of rotatable bonds is 3. The number of nitrogens with zero attached hydrogens (tertiary/aromatic N) is 1. The molecule has 90 valence electrons. The van der Waals surface area contributed by atoms with Gasteiger partial charge in [0.05, 0.1) is 13.0 Å². The fraction of sp³-hybridized carbons (Fsp3) is 0.333. The lowest BCUT2D eigenvalue weighted by atomic mass is 10.00. The van der Waals surface area contributed by atoms with Gasteiger partial charge in [-0.25, -0.2) is 4.98 Å². The quantitative estimate of drug-likeness (QED) is 0.883. The number of ether oxygens (including phenoxy) is 1. The standard InChI is InChI=1S/C12H13NO4/c1-6(12(14)15)8-4-5-9-10(11(8)16-3)13-7(2)17-9/h4-6H,1-3H3,(H,14,15). The minimum absolute atomic E-state index is 0.467. The molecule has 5 nitrogen and oxygen atoms in total. The van der Waals surface area contributed by atoms with Crippen LogP contribution in [0.3, 0.4) is 0 Å². The zero-order chi connectivity index (χ0) is 12.6. The van der Waals surface area contributed by atoms with E-state index in [0.717, 1.165) is 0 Å². The van der Waals surface area contributed by atoms with Crippen molar-refractivity contribution in [3.05, 3.63) is 23.6 Å². The summed E-state index contributed by atoms with van der Waals surface area (Å²) in [6.45, 7) is 3.35. The van der Waals surface area contributed by atoms with Gasteiger partial charge in [0.1, 0.15) is 0 Å². The number of carboxylic acid groups (broad SMARTS) is 1. The van der Waals surface area contributed by atoms with Gasteiger partial charge in [0.15, 0.2) is 22.7 Å². The Balaban J connectivity index is 2.68. The third-order valence-electron chi connectivity index (χ3n) is 2.69. The van der Waals surface area contributed by atoms with Gasteiger partial charge in [0.25, 0.3) is 0 Å². The van der Waals surface area contributed by atoms with E-state index < -0.39 is 11.9 Å².